The summed E-state index contributed by atoms with van der Waals surface area (Å²) in [5, 5.41) is 0. The first-order valence-electron chi connectivity index (χ1n) is 3.66. The molecule has 58 valence electrons. The van der Waals surface area contributed by atoms with Crippen molar-refractivity contribution in [3.63, 3.8) is 0 Å². The lowest BCUT2D eigenvalue weighted by atomic mass is 10.0. The Hall–Kier alpha value is -1.11. The van der Waals surface area contributed by atoms with E-state index in [0.717, 1.165) is 5.56 Å². The summed E-state index contributed by atoms with van der Waals surface area (Å²) in [6.45, 7) is 1.96. The molecule has 0 spiro atoms. The van der Waals surface area contributed by atoms with Gasteiger partial charge in [-0.05, 0) is 11.6 Å². The van der Waals surface area contributed by atoms with Gasteiger partial charge < -0.3 is 0 Å². The molecule has 0 amide bonds. The van der Waals surface area contributed by atoms with Gasteiger partial charge in [-0.2, -0.15) is 0 Å². The van der Waals surface area contributed by atoms with Gasteiger partial charge >= 0.3 is 0 Å². The van der Waals surface area contributed by atoms with Crippen molar-refractivity contribution in [2.45, 2.75) is 12.8 Å². The van der Waals surface area contributed by atoms with Crippen LogP contribution in [0.4, 0.5) is 4.39 Å². The number of benzene rings is 1. The van der Waals surface area contributed by atoms with Crippen LogP contribution in [0.3, 0.4) is 0 Å². The summed E-state index contributed by atoms with van der Waals surface area (Å²) in [5.41, 5.74) is 1.14. The van der Waals surface area contributed by atoms with Gasteiger partial charge in [-0.15, -0.1) is 0 Å². The molecule has 0 N–H and O–H groups in total. The van der Waals surface area contributed by atoms with Crippen LogP contribution < -0.4 is 0 Å². The lowest BCUT2D eigenvalue weighted by Crippen LogP contribution is -1.86. The fourth-order valence-electron chi connectivity index (χ4n) is 0.977. The predicted octanol–water partition coefficient (Wildman–Crippen LogP) is 3.27. The van der Waals surface area contributed by atoms with Crippen LogP contribution in [0.2, 0.25) is 0 Å². The number of allylic oxidation sites excluding steroid dienone is 1. The van der Waals surface area contributed by atoms with E-state index in [0.29, 0.717) is 6.33 Å². The highest BCUT2D eigenvalue weighted by Crippen LogP contribution is 2.15. The summed E-state index contributed by atoms with van der Waals surface area (Å²) < 4.78 is 11.7. The summed E-state index contributed by atoms with van der Waals surface area (Å²) >= 11 is 0. The maximum absolute atomic E-state index is 11.7. The van der Waals surface area contributed by atoms with Gasteiger partial charge in [0.15, 0.2) is 0 Å². The van der Waals surface area contributed by atoms with E-state index in [1.165, 1.54) is 6.08 Å². The highest BCUT2D eigenvalue weighted by atomic mass is 19.1. The molecule has 0 aliphatic rings. The normalized spacial score (nSPS) is 13.6. The quantitative estimate of drug-likeness (QED) is 0.607. The van der Waals surface area contributed by atoms with Crippen LogP contribution in [0.1, 0.15) is 18.4 Å². The van der Waals surface area contributed by atoms with Crippen molar-refractivity contribution in [1.82, 2.24) is 0 Å². The van der Waals surface area contributed by atoms with Crippen molar-refractivity contribution < 1.29 is 4.39 Å². The maximum atomic E-state index is 11.7. The van der Waals surface area contributed by atoms with Crippen molar-refractivity contribution in [3.05, 3.63) is 48.3 Å². The lowest BCUT2D eigenvalue weighted by molar-refractivity contribution is 0.709. The van der Waals surface area contributed by atoms with Crippen LogP contribution >= 0.6 is 0 Å². The van der Waals surface area contributed by atoms with Crippen LogP contribution in [0.5, 0.6) is 0 Å². The monoisotopic (exact) mass is 150 g/mol. The molecular formula is C10H11F. The molecule has 0 nitrogen and oxygen atoms in total. The van der Waals surface area contributed by atoms with E-state index in [1.807, 2.05) is 37.3 Å². The summed E-state index contributed by atoms with van der Waals surface area (Å²) in [6, 6.07) is 9.85. The molecule has 1 atom stereocenters. The fraction of sp³-hybridized carbons (Fsp3) is 0.200. The minimum Gasteiger partial charge on any atom is -0.216 e. The van der Waals surface area contributed by atoms with E-state index >= 15 is 0 Å². The van der Waals surface area contributed by atoms with E-state index in [9.17, 15) is 4.39 Å². The zero-order chi connectivity index (χ0) is 8.10. The smallest absolute Gasteiger partial charge is 0.0833 e. The molecule has 1 heteroatoms. The van der Waals surface area contributed by atoms with Gasteiger partial charge in [-0.25, -0.2) is 4.39 Å². The summed E-state index contributed by atoms with van der Waals surface area (Å²) in [7, 11) is 0. The van der Waals surface area contributed by atoms with Gasteiger partial charge in [0.2, 0.25) is 0 Å². The molecule has 1 unspecified atom stereocenters. The Balaban J connectivity index is 2.76. The molecule has 0 radical (unpaired) electrons. The Morgan fingerprint density at radius 3 is 2.45 bits per heavy atom. The Morgan fingerprint density at radius 2 is 1.91 bits per heavy atom. The summed E-state index contributed by atoms with van der Waals surface area (Å²) in [4.78, 5) is 0. The van der Waals surface area contributed by atoms with Crippen molar-refractivity contribution in [1.29, 1.82) is 0 Å². The highest BCUT2D eigenvalue weighted by Gasteiger charge is 1.97. The van der Waals surface area contributed by atoms with Gasteiger partial charge in [-0.1, -0.05) is 37.3 Å². The summed E-state index contributed by atoms with van der Waals surface area (Å²) in [6.07, 6.45) is 2.13. The second kappa shape index (κ2) is 3.91. The average molecular weight is 150 g/mol. The first-order chi connectivity index (χ1) is 5.34. The Labute approximate surface area is 66.4 Å². The van der Waals surface area contributed by atoms with E-state index in [1.54, 1.807) is 0 Å². The molecular weight excluding hydrogens is 139 g/mol. The SMILES string of the molecule is CC(/C=C/F)c1ccccc1. The average Bonchev–Trinajstić information content (AvgIpc) is 2.07. The first kappa shape index (κ1) is 7.99. The summed E-state index contributed by atoms with van der Waals surface area (Å²) in [5.74, 6) is 0.168. The minimum absolute atomic E-state index is 0.168. The molecule has 0 aliphatic carbocycles. The Morgan fingerprint density at radius 1 is 1.27 bits per heavy atom. The van der Waals surface area contributed by atoms with Crippen molar-refractivity contribution in [3.8, 4) is 0 Å². The van der Waals surface area contributed by atoms with Crippen molar-refractivity contribution in [2.75, 3.05) is 0 Å². The molecule has 1 aromatic carbocycles. The maximum Gasteiger partial charge on any atom is 0.0833 e. The molecule has 0 fully saturated rings. The predicted molar refractivity (Wildman–Crippen MR) is 45.1 cm³/mol. The molecule has 0 bridgehead atoms. The van der Waals surface area contributed by atoms with Crippen molar-refractivity contribution >= 4 is 0 Å². The van der Waals surface area contributed by atoms with Gasteiger partial charge in [0, 0.05) is 5.92 Å². The molecule has 1 aromatic rings. The zero-order valence-corrected chi connectivity index (χ0v) is 6.50. The first-order valence-corrected chi connectivity index (χ1v) is 3.66. The lowest BCUT2D eigenvalue weighted by Gasteiger charge is -2.03. The van der Waals surface area contributed by atoms with Crippen LogP contribution in [0.25, 0.3) is 0 Å². The Bertz CT molecular complexity index is 226. The van der Waals surface area contributed by atoms with E-state index < -0.39 is 0 Å². The third-order valence-corrected chi connectivity index (χ3v) is 1.69. The van der Waals surface area contributed by atoms with Gasteiger partial charge in [0.25, 0.3) is 0 Å². The van der Waals surface area contributed by atoms with Crippen LogP contribution in [-0.4, -0.2) is 0 Å². The molecule has 1 rings (SSSR count). The van der Waals surface area contributed by atoms with Crippen LogP contribution in [0.15, 0.2) is 42.7 Å². The number of hydrogen-bond acceptors (Lipinski definition) is 0. The number of rotatable bonds is 2. The van der Waals surface area contributed by atoms with Gasteiger partial charge in [0.05, 0.1) is 6.33 Å². The molecule has 0 saturated carbocycles. The molecule has 0 heterocycles. The zero-order valence-electron chi connectivity index (χ0n) is 6.50. The van der Waals surface area contributed by atoms with Crippen LogP contribution in [0, 0.1) is 0 Å². The minimum atomic E-state index is 0.168. The van der Waals surface area contributed by atoms with Gasteiger partial charge in [0.1, 0.15) is 0 Å². The largest absolute Gasteiger partial charge is 0.216 e. The second-order valence-corrected chi connectivity index (χ2v) is 2.52. The van der Waals surface area contributed by atoms with Crippen LogP contribution in [-0.2, 0) is 0 Å². The Kier molecular flexibility index (Phi) is 2.84. The van der Waals surface area contributed by atoms with Gasteiger partial charge in [-0.3, -0.25) is 0 Å². The molecule has 0 aliphatic heterocycles. The number of halogens is 1. The molecule has 11 heavy (non-hydrogen) atoms. The molecule has 0 aromatic heterocycles. The second-order valence-electron chi connectivity index (χ2n) is 2.52. The van der Waals surface area contributed by atoms with Crippen molar-refractivity contribution in [2.24, 2.45) is 0 Å². The third-order valence-electron chi connectivity index (χ3n) is 1.69. The third kappa shape index (κ3) is 2.19. The topological polar surface area (TPSA) is 0 Å². The van der Waals surface area contributed by atoms with E-state index in [2.05, 4.69) is 0 Å². The highest BCUT2D eigenvalue weighted by molar-refractivity contribution is 5.22. The molecule has 0 saturated heterocycles. The van der Waals surface area contributed by atoms with E-state index in [4.69, 9.17) is 0 Å². The number of hydrogen-bond donors (Lipinski definition) is 0. The fourth-order valence-corrected chi connectivity index (χ4v) is 0.977. The van der Waals surface area contributed by atoms with E-state index in [-0.39, 0.29) is 5.92 Å². The standard InChI is InChI=1S/C10H11F/c1-9(7-8-11)10-5-3-2-4-6-10/h2-9H,1H3/b8-7+.